The minimum Gasteiger partial charge on any atom is -0.329 e. The van der Waals surface area contributed by atoms with Crippen LogP contribution in [0, 0.1) is 17.6 Å². The predicted molar refractivity (Wildman–Crippen MR) is 69.0 cm³/mol. The Kier molecular flexibility index (Phi) is 4.65. The zero-order chi connectivity index (χ0) is 14.8. The smallest absolute Gasteiger partial charge is 0.246 e. The molecule has 0 bridgehead atoms. The molecular formula is C12H18F2N2O2S. The Hall–Kier alpha value is -1.05. The van der Waals surface area contributed by atoms with Crippen molar-refractivity contribution >= 4 is 10.0 Å². The Morgan fingerprint density at radius 1 is 1.32 bits per heavy atom. The Balaban J connectivity index is 3.26. The topological polar surface area (TPSA) is 72.2 Å². The van der Waals surface area contributed by atoms with Crippen molar-refractivity contribution < 1.29 is 17.2 Å². The van der Waals surface area contributed by atoms with Gasteiger partial charge in [0.25, 0.3) is 0 Å². The van der Waals surface area contributed by atoms with Gasteiger partial charge in [0.15, 0.2) is 4.90 Å². The second kappa shape index (κ2) is 5.52. The minimum atomic E-state index is -4.32. The first-order chi connectivity index (χ1) is 8.64. The van der Waals surface area contributed by atoms with Crippen LogP contribution in [0.15, 0.2) is 23.1 Å². The quantitative estimate of drug-likeness (QED) is 0.866. The first-order valence-electron chi connectivity index (χ1n) is 5.82. The molecule has 19 heavy (non-hydrogen) atoms. The maximum absolute atomic E-state index is 13.5. The highest BCUT2D eigenvalue weighted by Gasteiger charge is 2.35. The van der Waals surface area contributed by atoms with Gasteiger partial charge in [-0.2, -0.15) is 0 Å². The predicted octanol–water partition coefficient (Wildman–Crippen LogP) is 1.62. The summed E-state index contributed by atoms with van der Waals surface area (Å²) in [5.74, 6) is -2.40. The molecule has 0 aromatic heterocycles. The van der Waals surface area contributed by atoms with Gasteiger partial charge >= 0.3 is 0 Å². The highest BCUT2D eigenvalue weighted by atomic mass is 32.2. The highest BCUT2D eigenvalue weighted by molar-refractivity contribution is 7.89. The van der Waals surface area contributed by atoms with Crippen LogP contribution in [0.25, 0.3) is 0 Å². The van der Waals surface area contributed by atoms with Gasteiger partial charge in [0.2, 0.25) is 10.0 Å². The third-order valence-corrected chi connectivity index (χ3v) is 4.92. The van der Waals surface area contributed by atoms with Gasteiger partial charge in [0, 0.05) is 12.1 Å². The molecule has 1 atom stereocenters. The van der Waals surface area contributed by atoms with Gasteiger partial charge < -0.3 is 5.73 Å². The van der Waals surface area contributed by atoms with E-state index in [1.165, 1.54) is 0 Å². The molecule has 0 saturated carbocycles. The number of rotatable bonds is 5. The van der Waals surface area contributed by atoms with E-state index in [1.54, 1.807) is 20.8 Å². The molecule has 0 heterocycles. The molecule has 0 aliphatic carbocycles. The zero-order valence-electron chi connectivity index (χ0n) is 11.1. The lowest BCUT2D eigenvalue weighted by Gasteiger charge is -2.33. The van der Waals surface area contributed by atoms with Crippen LogP contribution in [0.3, 0.4) is 0 Å². The van der Waals surface area contributed by atoms with E-state index in [-0.39, 0.29) is 12.5 Å². The minimum absolute atomic E-state index is 0.0139. The second-order valence-electron chi connectivity index (χ2n) is 4.93. The SMILES string of the molecule is CC(C)C(C)(CN)NS(=O)(=O)c1c(F)cccc1F. The lowest BCUT2D eigenvalue weighted by molar-refractivity contribution is 0.314. The van der Waals surface area contributed by atoms with Crippen LogP contribution >= 0.6 is 0 Å². The van der Waals surface area contributed by atoms with E-state index in [0.717, 1.165) is 18.2 Å². The van der Waals surface area contributed by atoms with Gasteiger partial charge in [-0.05, 0) is 25.0 Å². The fourth-order valence-corrected chi connectivity index (χ4v) is 3.18. The summed E-state index contributed by atoms with van der Waals surface area (Å²) in [4.78, 5) is -0.977. The fourth-order valence-electron chi connectivity index (χ4n) is 1.49. The fraction of sp³-hybridized carbons (Fsp3) is 0.500. The third kappa shape index (κ3) is 3.29. The van der Waals surface area contributed by atoms with Crippen molar-refractivity contribution in [2.45, 2.75) is 31.2 Å². The second-order valence-corrected chi connectivity index (χ2v) is 6.55. The first kappa shape index (κ1) is 16.0. The lowest BCUT2D eigenvalue weighted by atomic mass is 9.90. The monoisotopic (exact) mass is 292 g/mol. The van der Waals surface area contributed by atoms with Crippen LogP contribution < -0.4 is 10.5 Å². The van der Waals surface area contributed by atoms with E-state index in [2.05, 4.69) is 4.72 Å². The summed E-state index contributed by atoms with van der Waals surface area (Å²) in [6.07, 6.45) is 0. The van der Waals surface area contributed by atoms with Crippen molar-refractivity contribution in [2.24, 2.45) is 11.7 Å². The van der Waals surface area contributed by atoms with E-state index in [1.807, 2.05) is 0 Å². The van der Waals surface area contributed by atoms with Crippen LogP contribution in [0.2, 0.25) is 0 Å². The van der Waals surface area contributed by atoms with E-state index < -0.39 is 32.1 Å². The normalized spacial score (nSPS) is 15.5. The molecule has 0 radical (unpaired) electrons. The van der Waals surface area contributed by atoms with Crippen LogP contribution in [-0.4, -0.2) is 20.5 Å². The van der Waals surface area contributed by atoms with Gasteiger partial charge in [-0.15, -0.1) is 0 Å². The number of hydrogen-bond donors (Lipinski definition) is 2. The zero-order valence-corrected chi connectivity index (χ0v) is 11.9. The summed E-state index contributed by atoms with van der Waals surface area (Å²) in [6.45, 7) is 5.15. The summed E-state index contributed by atoms with van der Waals surface area (Å²) < 4.78 is 53.6. The number of benzene rings is 1. The number of nitrogens with two attached hydrogens (primary N) is 1. The largest absolute Gasteiger partial charge is 0.329 e. The maximum Gasteiger partial charge on any atom is 0.246 e. The number of hydrogen-bond acceptors (Lipinski definition) is 3. The van der Waals surface area contributed by atoms with E-state index in [4.69, 9.17) is 5.73 Å². The first-order valence-corrected chi connectivity index (χ1v) is 7.30. The van der Waals surface area contributed by atoms with Gasteiger partial charge in [-0.3, -0.25) is 0 Å². The van der Waals surface area contributed by atoms with Gasteiger partial charge in [-0.25, -0.2) is 21.9 Å². The Labute approximate surface area is 112 Å². The molecule has 7 heteroatoms. The number of sulfonamides is 1. The molecule has 0 amide bonds. The molecule has 0 aliphatic heterocycles. The molecule has 1 rings (SSSR count). The van der Waals surface area contributed by atoms with E-state index in [9.17, 15) is 17.2 Å². The maximum atomic E-state index is 13.5. The average Bonchev–Trinajstić information content (AvgIpc) is 2.27. The molecular weight excluding hydrogens is 274 g/mol. The van der Waals surface area contributed by atoms with E-state index in [0.29, 0.717) is 0 Å². The molecule has 0 fully saturated rings. The van der Waals surface area contributed by atoms with Crippen molar-refractivity contribution in [3.05, 3.63) is 29.8 Å². The molecule has 1 aromatic carbocycles. The van der Waals surface area contributed by atoms with Crippen LogP contribution in [0.5, 0.6) is 0 Å². The van der Waals surface area contributed by atoms with Crippen LogP contribution in [0.4, 0.5) is 8.78 Å². The van der Waals surface area contributed by atoms with Crippen LogP contribution in [-0.2, 0) is 10.0 Å². The van der Waals surface area contributed by atoms with Gasteiger partial charge in [0.05, 0.1) is 0 Å². The van der Waals surface area contributed by atoms with Crippen molar-refractivity contribution in [1.29, 1.82) is 0 Å². The molecule has 1 unspecified atom stereocenters. The Bertz CT molecular complexity index is 541. The summed E-state index contributed by atoms with van der Waals surface area (Å²) in [6, 6.07) is 2.90. The van der Waals surface area contributed by atoms with Crippen molar-refractivity contribution in [1.82, 2.24) is 4.72 Å². The standard InChI is InChI=1S/C12H18F2N2O2S/c1-8(2)12(3,7-15)16-19(17,18)11-9(13)5-4-6-10(11)14/h4-6,8,16H,7,15H2,1-3H3. The lowest BCUT2D eigenvalue weighted by Crippen LogP contribution is -2.55. The Morgan fingerprint density at radius 2 is 1.79 bits per heavy atom. The molecule has 0 spiro atoms. The summed E-state index contributed by atoms with van der Waals surface area (Å²) >= 11 is 0. The Morgan fingerprint density at radius 3 is 2.16 bits per heavy atom. The number of nitrogens with one attached hydrogen (secondary N) is 1. The molecule has 0 aliphatic rings. The van der Waals surface area contributed by atoms with Crippen molar-refractivity contribution in [3.63, 3.8) is 0 Å². The molecule has 108 valence electrons. The van der Waals surface area contributed by atoms with Crippen molar-refractivity contribution in [2.75, 3.05) is 6.54 Å². The summed E-state index contributed by atoms with van der Waals surface area (Å²) in [7, 11) is -4.32. The highest BCUT2D eigenvalue weighted by Crippen LogP contribution is 2.23. The number of halogens is 2. The molecule has 3 N–H and O–H groups in total. The third-order valence-electron chi connectivity index (χ3n) is 3.25. The average molecular weight is 292 g/mol. The van der Waals surface area contributed by atoms with Gasteiger partial charge in [-0.1, -0.05) is 19.9 Å². The van der Waals surface area contributed by atoms with Crippen LogP contribution in [0.1, 0.15) is 20.8 Å². The summed E-state index contributed by atoms with van der Waals surface area (Å²) in [5.41, 5.74) is 4.58. The molecule has 0 saturated heterocycles. The molecule has 1 aromatic rings. The van der Waals surface area contributed by atoms with Crippen molar-refractivity contribution in [3.8, 4) is 0 Å². The van der Waals surface area contributed by atoms with E-state index >= 15 is 0 Å². The van der Waals surface area contributed by atoms with Gasteiger partial charge in [0.1, 0.15) is 11.6 Å². The summed E-state index contributed by atoms with van der Waals surface area (Å²) in [5, 5.41) is 0. The molecule has 4 nitrogen and oxygen atoms in total.